The summed E-state index contributed by atoms with van der Waals surface area (Å²) >= 11 is 0. The van der Waals surface area contributed by atoms with E-state index in [0.717, 1.165) is 32.1 Å². The molecule has 0 bridgehead atoms. The van der Waals surface area contributed by atoms with Crippen molar-refractivity contribution in [3.8, 4) is 22.3 Å². The molecule has 6 heteroatoms. The first kappa shape index (κ1) is 31.0. The summed E-state index contributed by atoms with van der Waals surface area (Å²) in [4.78, 5) is 0. The zero-order valence-corrected chi connectivity index (χ0v) is 24.0. The fraction of sp³-hybridized carbons (Fsp3) is 0.429. The molecule has 2 nitrogen and oxygen atoms in total. The maximum atomic E-state index is 15.2. The van der Waals surface area contributed by atoms with E-state index < -0.39 is 29.6 Å². The standard InChI is InChI=1S/C35H40F4O2/c1-3-5-7-8-9-11-13-27-18-19-28(32(37)31(27)36)25-14-16-26(17-15-25)29-20-21-30(34(39)33(29)38)35-40-22-24(23-41-35)12-10-6-4-2/h4,6,14-21,24,35H,3,5,7-13,22-23H2,1-2H3/b6-4+. The molecule has 0 spiro atoms. The van der Waals surface area contributed by atoms with Crippen molar-refractivity contribution in [1.29, 1.82) is 0 Å². The maximum absolute atomic E-state index is 15.2. The van der Waals surface area contributed by atoms with Crippen LogP contribution < -0.4 is 0 Å². The highest BCUT2D eigenvalue weighted by Gasteiger charge is 2.28. The van der Waals surface area contributed by atoms with Crippen LogP contribution >= 0.6 is 0 Å². The smallest absolute Gasteiger partial charge is 0.186 e. The van der Waals surface area contributed by atoms with E-state index in [1.54, 1.807) is 36.4 Å². The molecule has 41 heavy (non-hydrogen) atoms. The highest BCUT2D eigenvalue weighted by molar-refractivity contribution is 5.71. The van der Waals surface area contributed by atoms with E-state index in [1.807, 2.05) is 13.0 Å². The number of ether oxygens (including phenoxy) is 2. The van der Waals surface area contributed by atoms with Crippen LogP contribution in [0.4, 0.5) is 17.6 Å². The van der Waals surface area contributed by atoms with Crippen molar-refractivity contribution >= 4 is 0 Å². The Kier molecular flexibility index (Phi) is 11.6. The second kappa shape index (κ2) is 15.3. The first-order valence-electron chi connectivity index (χ1n) is 14.8. The molecule has 0 amide bonds. The minimum absolute atomic E-state index is 0.0216. The molecule has 220 valence electrons. The Bertz CT molecular complexity index is 1290. The van der Waals surface area contributed by atoms with Crippen LogP contribution in [0.2, 0.25) is 0 Å². The van der Waals surface area contributed by atoms with Gasteiger partial charge in [0.15, 0.2) is 29.6 Å². The molecule has 1 heterocycles. The number of hydrogen-bond donors (Lipinski definition) is 0. The van der Waals surface area contributed by atoms with Gasteiger partial charge in [0.25, 0.3) is 0 Å². The molecule has 4 rings (SSSR count). The third-order valence-corrected chi connectivity index (χ3v) is 7.78. The second-order valence-electron chi connectivity index (χ2n) is 10.8. The van der Waals surface area contributed by atoms with E-state index in [9.17, 15) is 8.78 Å². The Hall–Kier alpha value is -2.96. The maximum Gasteiger partial charge on any atom is 0.186 e. The molecule has 3 aromatic rings. The van der Waals surface area contributed by atoms with Gasteiger partial charge in [-0.05, 0) is 49.3 Å². The van der Waals surface area contributed by atoms with Crippen molar-refractivity contribution in [1.82, 2.24) is 0 Å². The summed E-state index contributed by atoms with van der Waals surface area (Å²) in [6.45, 7) is 4.97. The molecule has 1 aliphatic rings. The first-order chi connectivity index (χ1) is 19.9. The Morgan fingerprint density at radius 3 is 1.93 bits per heavy atom. The van der Waals surface area contributed by atoms with Crippen molar-refractivity contribution in [2.75, 3.05) is 13.2 Å². The Labute approximate surface area is 241 Å². The average Bonchev–Trinajstić information content (AvgIpc) is 2.99. The Morgan fingerprint density at radius 1 is 0.707 bits per heavy atom. The van der Waals surface area contributed by atoms with Gasteiger partial charge in [-0.2, -0.15) is 0 Å². The van der Waals surface area contributed by atoms with Gasteiger partial charge in [-0.3, -0.25) is 0 Å². The van der Waals surface area contributed by atoms with E-state index in [-0.39, 0.29) is 22.6 Å². The molecule has 0 atom stereocenters. The first-order valence-corrected chi connectivity index (χ1v) is 14.8. The molecule has 1 saturated heterocycles. The number of rotatable bonds is 13. The lowest BCUT2D eigenvalue weighted by molar-refractivity contribution is -0.207. The SMILES string of the molecule is C/C=C/CCC1COC(c2ccc(-c3ccc(-c4ccc(CCCCCCCC)c(F)c4F)cc3)c(F)c2F)OC1. The van der Waals surface area contributed by atoms with Gasteiger partial charge in [0.05, 0.1) is 13.2 Å². The average molecular weight is 569 g/mol. The van der Waals surface area contributed by atoms with Gasteiger partial charge in [-0.15, -0.1) is 0 Å². The number of allylic oxidation sites excluding steroid dienone is 2. The summed E-state index contributed by atoms with van der Waals surface area (Å²) in [6, 6.07) is 12.5. The quantitative estimate of drug-likeness (QED) is 0.116. The van der Waals surface area contributed by atoms with Crippen LogP contribution in [0.5, 0.6) is 0 Å². The van der Waals surface area contributed by atoms with E-state index in [1.165, 1.54) is 31.4 Å². The minimum atomic E-state index is -1.02. The zero-order chi connectivity index (χ0) is 29.2. The molecule has 0 saturated carbocycles. The zero-order valence-electron chi connectivity index (χ0n) is 24.0. The molecule has 1 fully saturated rings. The third-order valence-electron chi connectivity index (χ3n) is 7.78. The van der Waals surface area contributed by atoms with Crippen molar-refractivity contribution in [2.45, 2.75) is 77.9 Å². The van der Waals surface area contributed by atoms with Gasteiger partial charge in [-0.25, -0.2) is 17.6 Å². The highest BCUT2D eigenvalue weighted by Crippen LogP contribution is 2.35. The minimum Gasteiger partial charge on any atom is -0.348 e. The van der Waals surface area contributed by atoms with Crippen molar-refractivity contribution < 1.29 is 27.0 Å². The summed E-state index contributed by atoms with van der Waals surface area (Å²) in [6.07, 6.45) is 11.9. The summed E-state index contributed by atoms with van der Waals surface area (Å²) in [5.74, 6) is -3.52. The fourth-order valence-corrected chi connectivity index (χ4v) is 5.29. The molecular formula is C35H40F4O2. The number of hydrogen-bond acceptors (Lipinski definition) is 2. The van der Waals surface area contributed by atoms with Crippen LogP contribution in [0.15, 0.2) is 60.7 Å². The van der Waals surface area contributed by atoms with E-state index in [2.05, 4.69) is 13.0 Å². The van der Waals surface area contributed by atoms with Crippen LogP contribution in [0.3, 0.4) is 0 Å². The van der Waals surface area contributed by atoms with Gasteiger partial charge < -0.3 is 9.47 Å². The largest absolute Gasteiger partial charge is 0.348 e. The molecular weight excluding hydrogens is 528 g/mol. The summed E-state index contributed by atoms with van der Waals surface area (Å²) < 4.78 is 71.4. The van der Waals surface area contributed by atoms with Gasteiger partial charge in [0.1, 0.15) is 0 Å². The summed E-state index contributed by atoms with van der Waals surface area (Å²) in [5, 5.41) is 0. The van der Waals surface area contributed by atoms with Crippen LogP contribution in [0.1, 0.15) is 82.6 Å². The molecule has 1 aliphatic heterocycles. The lowest BCUT2D eigenvalue weighted by Gasteiger charge is -2.29. The van der Waals surface area contributed by atoms with Gasteiger partial charge in [0, 0.05) is 22.6 Å². The van der Waals surface area contributed by atoms with Crippen LogP contribution in [-0.4, -0.2) is 13.2 Å². The molecule has 0 aromatic heterocycles. The van der Waals surface area contributed by atoms with Crippen LogP contribution in [-0.2, 0) is 15.9 Å². The topological polar surface area (TPSA) is 18.5 Å². The second-order valence-corrected chi connectivity index (χ2v) is 10.8. The molecule has 0 unspecified atom stereocenters. The lowest BCUT2D eigenvalue weighted by Crippen LogP contribution is -2.27. The Morgan fingerprint density at radius 2 is 1.29 bits per heavy atom. The monoisotopic (exact) mass is 568 g/mol. The fourth-order valence-electron chi connectivity index (χ4n) is 5.29. The predicted molar refractivity (Wildman–Crippen MR) is 156 cm³/mol. The van der Waals surface area contributed by atoms with Crippen molar-refractivity contribution in [3.05, 3.63) is 95.1 Å². The van der Waals surface area contributed by atoms with Gasteiger partial charge in [0.2, 0.25) is 0 Å². The van der Waals surface area contributed by atoms with Crippen LogP contribution in [0.25, 0.3) is 22.3 Å². The molecule has 0 radical (unpaired) electrons. The van der Waals surface area contributed by atoms with E-state index in [4.69, 9.17) is 9.47 Å². The summed E-state index contributed by atoms with van der Waals surface area (Å²) in [5.41, 5.74) is 1.49. The normalized spacial score (nSPS) is 17.4. The van der Waals surface area contributed by atoms with Crippen molar-refractivity contribution in [2.24, 2.45) is 5.92 Å². The number of halogens is 4. The number of unbranched alkanes of at least 4 members (excludes halogenated alkanes) is 5. The lowest BCUT2D eigenvalue weighted by atomic mass is 9.96. The number of benzene rings is 3. The summed E-state index contributed by atoms with van der Waals surface area (Å²) in [7, 11) is 0. The van der Waals surface area contributed by atoms with Crippen LogP contribution in [0, 0.1) is 29.2 Å². The van der Waals surface area contributed by atoms with E-state index >= 15 is 8.78 Å². The van der Waals surface area contributed by atoms with Gasteiger partial charge in [-0.1, -0.05) is 99.7 Å². The highest BCUT2D eigenvalue weighted by atomic mass is 19.2. The van der Waals surface area contributed by atoms with E-state index in [0.29, 0.717) is 36.3 Å². The Balaban J connectivity index is 1.41. The van der Waals surface area contributed by atoms with Crippen molar-refractivity contribution in [3.63, 3.8) is 0 Å². The predicted octanol–water partition coefficient (Wildman–Crippen LogP) is 10.5. The third kappa shape index (κ3) is 7.87. The number of aryl methyl sites for hydroxylation is 1. The molecule has 3 aromatic carbocycles. The molecule has 0 N–H and O–H groups in total. The molecule has 0 aliphatic carbocycles. The van der Waals surface area contributed by atoms with Gasteiger partial charge >= 0.3 is 0 Å².